The van der Waals surface area contributed by atoms with Crippen molar-refractivity contribution in [2.75, 3.05) is 57.0 Å². The summed E-state index contributed by atoms with van der Waals surface area (Å²) in [6.45, 7) is 5.37. The zero-order chi connectivity index (χ0) is 21.2. The second-order valence-corrected chi connectivity index (χ2v) is 9.20. The van der Waals surface area contributed by atoms with Crippen molar-refractivity contribution in [3.05, 3.63) is 42.7 Å². The van der Waals surface area contributed by atoms with E-state index in [-0.39, 0.29) is 0 Å². The van der Waals surface area contributed by atoms with E-state index in [0.717, 1.165) is 48.8 Å². The van der Waals surface area contributed by atoms with E-state index < -0.39 is 0 Å². The van der Waals surface area contributed by atoms with Gasteiger partial charge in [-0.1, -0.05) is 0 Å². The highest BCUT2D eigenvalue weighted by molar-refractivity contribution is 5.77. The summed E-state index contributed by atoms with van der Waals surface area (Å²) in [5, 5.41) is 7.90. The minimum Gasteiger partial charge on any atom is -0.369 e. The second kappa shape index (κ2) is 8.85. The van der Waals surface area contributed by atoms with Crippen LogP contribution in [-0.2, 0) is 0 Å². The van der Waals surface area contributed by atoms with Crippen molar-refractivity contribution in [2.45, 2.75) is 25.3 Å². The van der Waals surface area contributed by atoms with Crippen LogP contribution in [0.25, 0.3) is 11.0 Å². The lowest BCUT2D eigenvalue weighted by Gasteiger charge is -2.29. The average Bonchev–Trinajstić information content (AvgIpc) is 3.41. The fraction of sp³-hybridized carbons (Fsp3) is 0.500. The molecule has 7 nitrogen and oxygen atoms in total. The standard InChI is InChI=1S/C24H33N7/c1-29(2)17-18-3-6-22(15-18)31-12-9-19-16-26-24(28-23(19)31)27-20-4-7-21(8-5-20)30-13-10-25-11-14-30/h4-5,7-9,12,16,18,22,25H,3,6,10-11,13-15,17H2,1-2H3,(H,26,27,28). The Hall–Kier alpha value is -2.64. The Morgan fingerprint density at radius 3 is 2.68 bits per heavy atom. The first kappa shape index (κ1) is 20.3. The largest absolute Gasteiger partial charge is 0.369 e. The van der Waals surface area contributed by atoms with Crippen LogP contribution in [0.5, 0.6) is 0 Å². The van der Waals surface area contributed by atoms with Crippen LogP contribution in [-0.4, -0.2) is 66.3 Å². The van der Waals surface area contributed by atoms with Crippen molar-refractivity contribution >= 4 is 28.4 Å². The predicted octanol–water partition coefficient (Wildman–Crippen LogP) is 3.49. The molecule has 2 N–H and O–H groups in total. The van der Waals surface area contributed by atoms with Crippen LogP contribution in [0.3, 0.4) is 0 Å². The van der Waals surface area contributed by atoms with Crippen LogP contribution >= 0.6 is 0 Å². The molecule has 0 amide bonds. The first-order valence-corrected chi connectivity index (χ1v) is 11.5. The maximum atomic E-state index is 4.88. The number of nitrogens with zero attached hydrogens (tertiary/aromatic N) is 5. The normalized spacial score (nSPS) is 21.8. The van der Waals surface area contributed by atoms with Gasteiger partial charge in [0.15, 0.2) is 0 Å². The number of benzene rings is 1. The molecule has 1 aliphatic carbocycles. The minimum atomic E-state index is 0.531. The molecule has 2 fully saturated rings. The van der Waals surface area contributed by atoms with Gasteiger partial charge in [-0.15, -0.1) is 0 Å². The Balaban J connectivity index is 1.30. The summed E-state index contributed by atoms with van der Waals surface area (Å²) in [6, 6.07) is 11.3. The van der Waals surface area contributed by atoms with Crippen molar-refractivity contribution < 1.29 is 0 Å². The molecule has 1 aliphatic heterocycles. The Bertz CT molecular complexity index is 1000. The van der Waals surface area contributed by atoms with Crippen LogP contribution in [0.15, 0.2) is 42.7 Å². The van der Waals surface area contributed by atoms with Crippen molar-refractivity contribution in [1.82, 2.24) is 24.8 Å². The molecule has 31 heavy (non-hydrogen) atoms. The topological polar surface area (TPSA) is 61.3 Å². The van der Waals surface area contributed by atoms with Gasteiger partial charge in [0.1, 0.15) is 5.65 Å². The van der Waals surface area contributed by atoms with E-state index in [4.69, 9.17) is 4.98 Å². The number of nitrogens with one attached hydrogen (secondary N) is 2. The molecule has 0 radical (unpaired) electrons. The smallest absolute Gasteiger partial charge is 0.229 e. The number of rotatable bonds is 6. The fourth-order valence-electron chi connectivity index (χ4n) is 5.08. The van der Waals surface area contributed by atoms with Crippen LogP contribution in [0.4, 0.5) is 17.3 Å². The van der Waals surface area contributed by atoms with Crippen LogP contribution in [0.1, 0.15) is 25.3 Å². The van der Waals surface area contributed by atoms with Gasteiger partial charge in [0.25, 0.3) is 0 Å². The average molecular weight is 420 g/mol. The van der Waals surface area contributed by atoms with E-state index in [1.807, 2.05) is 6.20 Å². The molecule has 1 saturated carbocycles. The quantitative estimate of drug-likeness (QED) is 0.638. The number of hydrogen-bond acceptors (Lipinski definition) is 6. The van der Waals surface area contributed by atoms with E-state index in [0.29, 0.717) is 12.0 Å². The van der Waals surface area contributed by atoms with E-state index in [1.54, 1.807) is 0 Å². The third-order valence-corrected chi connectivity index (χ3v) is 6.59. The van der Waals surface area contributed by atoms with Crippen LogP contribution in [0.2, 0.25) is 0 Å². The molecule has 2 unspecified atom stereocenters. The molecule has 3 aromatic rings. The first-order valence-electron chi connectivity index (χ1n) is 11.5. The van der Waals surface area contributed by atoms with Gasteiger partial charge in [-0.3, -0.25) is 0 Å². The highest BCUT2D eigenvalue weighted by atomic mass is 15.2. The maximum absolute atomic E-state index is 4.88. The lowest BCUT2D eigenvalue weighted by Crippen LogP contribution is -2.43. The fourth-order valence-corrected chi connectivity index (χ4v) is 5.08. The van der Waals surface area contributed by atoms with Crippen molar-refractivity contribution in [3.8, 4) is 0 Å². The van der Waals surface area contributed by atoms with Gasteiger partial charge in [0.2, 0.25) is 5.95 Å². The molecule has 1 saturated heterocycles. The summed E-state index contributed by atoms with van der Waals surface area (Å²) in [6.07, 6.45) is 7.86. The molecule has 2 aliphatic rings. The Morgan fingerprint density at radius 2 is 1.90 bits per heavy atom. The van der Waals surface area contributed by atoms with Crippen molar-refractivity contribution in [1.29, 1.82) is 0 Å². The van der Waals surface area contributed by atoms with Gasteiger partial charge in [-0.2, -0.15) is 4.98 Å². The predicted molar refractivity (Wildman–Crippen MR) is 127 cm³/mol. The Morgan fingerprint density at radius 1 is 1.10 bits per heavy atom. The molecule has 5 rings (SSSR count). The lowest BCUT2D eigenvalue weighted by atomic mass is 10.1. The van der Waals surface area contributed by atoms with Gasteiger partial charge in [0, 0.05) is 67.9 Å². The highest BCUT2D eigenvalue weighted by Crippen LogP contribution is 2.36. The third kappa shape index (κ3) is 4.52. The summed E-state index contributed by atoms with van der Waals surface area (Å²) >= 11 is 0. The summed E-state index contributed by atoms with van der Waals surface area (Å²) in [5.74, 6) is 1.43. The highest BCUT2D eigenvalue weighted by Gasteiger charge is 2.27. The first-order chi connectivity index (χ1) is 15.2. The Labute approximate surface area is 184 Å². The summed E-state index contributed by atoms with van der Waals surface area (Å²) in [4.78, 5) is 14.2. The molecule has 7 heteroatoms. The molecule has 2 atom stereocenters. The summed E-state index contributed by atoms with van der Waals surface area (Å²) in [7, 11) is 4.33. The zero-order valence-corrected chi connectivity index (χ0v) is 18.6. The number of hydrogen-bond donors (Lipinski definition) is 2. The van der Waals surface area contributed by atoms with Crippen LogP contribution in [0, 0.1) is 5.92 Å². The summed E-state index contributed by atoms with van der Waals surface area (Å²) < 4.78 is 2.37. The minimum absolute atomic E-state index is 0.531. The molecular formula is C24H33N7. The van der Waals surface area contributed by atoms with E-state index in [1.165, 1.54) is 31.5 Å². The second-order valence-electron chi connectivity index (χ2n) is 9.20. The monoisotopic (exact) mass is 419 g/mol. The van der Waals surface area contributed by atoms with Crippen LogP contribution < -0.4 is 15.5 Å². The van der Waals surface area contributed by atoms with Crippen molar-refractivity contribution in [2.24, 2.45) is 5.92 Å². The summed E-state index contributed by atoms with van der Waals surface area (Å²) in [5.41, 5.74) is 3.32. The molecule has 1 aromatic carbocycles. The molecule has 0 spiro atoms. The maximum Gasteiger partial charge on any atom is 0.229 e. The number of anilines is 3. The van der Waals surface area contributed by atoms with E-state index in [9.17, 15) is 0 Å². The molecule has 164 valence electrons. The zero-order valence-electron chi connectivity index (χ0n) is 18.6. The van der Waals surface area contributed by atoms with E-state index in [2.05, 4.69) is 80.6 Å². The van der Waals surface area contributed by atoms with Gasteiger partial charge in [-0.05, 0) is 69.6 Å². The number of aromatic nitrogens is 3. The van der Waals surface area contributed by atoms with Gasteiger partial charge in [-0.25, -0.2) is 4.98 Å². The van der Waals surface area contributed by atoms with Gasteiger partial charge in [0.05, 0.1) is 0 Å². The number of fused-ring (bicyclic) bond motifs is 1. The molecular weight excluding hydrogens is 386 g/mol. The molecule has 3 heterocycles. The SMILES string of the molecule is CN(C)CC1CCC(n2ccc3cnc(Nc4ccc(N5CCNCC5)cc4)nc32)C1. The molecule has 0 bridgehead atoms. The number of piperazine rings is 1. The van der Waals surface area contributed by atoms with E-state index >= 15 is 0 Å². The third-order valence-electron chi connectivity index (χ3n) is 6.59. The van der Waals surface area contributed by atoms with Gasteiger partial charge >= 0.3 is 0 Å². The lowest BCUT2D eigenvalue weighted by molar-refractivity contribution is 0.322. The van der Waals surface area contributed by atoms with Gasteiger partial charge < -0.3 is 25.0 Å². The molecule has 2 aromatic heterocycles. The Kier molecular flexibility index (Phi) is 5.78. The van der Waals surface area contributed by atoms with Crippen molar-refractivity contribution in [3.63, 3.8) is 0 Å².